The van der Waals surface area contributed by atoms with Gasteiger partial charge in [-0.2, -0.15) is 13.2 Å². The van der Waals surface area contributed by atoms with E-state index in [0.717, 1.165) is 18.6 Å². The number of benzene rings is 2. The van der Waals surface area contributed by atoms with Gasteiger partial charge in [-0.3, -0.25) is 9.59 Å². The number of carbonyl (C=O) groups is 2. The van der Waals surface area contributed by atoms with Crippen LogP contribution < -0.4 is 10.6 Å². The molecule has 0 aliphatic heterocycles. The van der Waals surface area contributed by atoms with Crippen molar-refractivity contribution in [3.05, 3.63) is 65.2 Å². The molecule has 26 heavy (non-hydrogen) atoms. The van der Waals surface area contributed by atoms with E-state index in [2.05, 4.69) is 10.6 Å². The second-order valence-corrected chi connectivity index (χ2v) is 5.89. The summed E-state index contributed by atoms with van der Waals surface area (Å²) in [7, 11) is 0. The van der Waals surface area contributed by atoms with Gasteiger partial charge in [-0.1, -0.05) is 13.0 Å². The summed E-state index contributed by atoms with van der Waals surface area (Å²) >= 11 is 0. The van der Waals surface area contributed by atoms with Crippen LogP contribution >= 0.6 is 0 Å². The average Bonchev–Trinajstić information content (AvgIpc) is 2.61. The topological polar surface area (TPSA) is 58.2 Å². The van der Waals surface area contributed by atoms with Crippen molar-refractivity contribution in [1.29, 1.82) is 0 Å². The van der Waals surface area contributed by atoms with E-state index in [1.165, 1.54) is 24.3 Å². The van der Waals surface area contributed by atoms with Gasteiger partial charge in [-0.15, -0.1) is 0 Å². The van der Waals surface area contributed by atoms with Crippen LogP contribution in [-0.2, 0) is 6.18 Å². The Morgan fingerprint density at radius 2 is 1.58 bits per heavy atom. The molecule has 1 unspecified atom stereocenters. The van der Waals surface area contributed by atoms with Gasteiger partial charge >= 0.3 is 6.18 Å². The van der Waals surface area contributed by atoms with Crippen molar-refractivity contribution in [3.8, 4) is 0 Å². The van der Waals surface area contributed by atoms with Crippen LogP contribution in [0, 0.1) is 0 Å². The highest BCUT2D eigenvalue weighted by Crippen LogP contribution is 2.29. The molecule has 0 saturated heterocycles. The lowest BCUT2D eigenvalue weighted by Gasteiger charge is -2.12. The van der Waals surface area contributed by atoms with E-state index in [-0.39, 0.29) is 23.2 Å². The summed E-state index contributed by atoms with van der Waals surface area (Å²) in [5.41, 5.74) is 0.0174. The van der Waals surface area contributed by atoms with Gasteiger partial charge in [-0.05, 0) is 55.8 Å². The Hall–Kier alpha value is -2.83. The fourth-order valence-corrected chi connectivity index (χ4v) is 2.16. The minimum Gasteiger partial charge on any atom is -0.350 e. The van der Waals surface area contributed by atoms with Crippen molar-refractivity contribution < 1.29 is 22.8 Å². The van der Waals surface area contributed by atoms with Crippen molar-refractivity contribution >= 4 is 17.5 Å². The molecule has 0 fully saturated rings. The van der Waals surface area contributed by atoms with Gasteiger partial charge < -0.3 is 10.6 Å². The molecule has 4 nitrogen and oxygen atoms in total. The van der Waals surface area contributed by atoms with E-state index in [1.807, 2.05) is 13.8 Å². The first-order chi connectivity index (χ1) is 12.2. The molecule has 0 aromatic heterocycles. The zero-order valence-corrected chi connectivity index (χ0v) is 14.4. The molecular formula is C19H19F3N2O2. The molecule has 138 valence electrons. The Bertz CT molecular complexity index is 786. The van der Waals surface area contributed by atoms with E-state index in [9.17, 15) is 22.8 Å². The summed E-state index contributed by atoms with van der Waals surface area (Å²) in [6.07, 6.45) is -3.65. The second kappa shape index (κ2) is 8.03. The molecule has 0 radical (unpaired) electrons. The molecule has 7 heteroatoms. The second-order valence-electron chi connectivity index (χ2n) is 5.89. The standard InChI is InChI=1S/C19H19F3N2O2/c1-3-12(2)23-17(25)13-5-4-6-14(11-13)18(26)24-16-9-7-15(8-10-16)19(20,21)22/h4-12H,3H2,1-2H3,(H,23,25)(H,24,26). The van der Waals surface area contributed by atoms with Gasteiger partial charge in [0.25, 0.3) is 11.8 Å². The SMILES string of the molecule is CCC(C)NC(=O)c1cccc(C(=O)Nc2ccc(C(F)(F)F)cc2)c1. The largest absolute Gasteiger partial charge is 0.416 e. The summed E-state index contributed by atoms with van der Waals surface area (Å²) < 4.78 is 37.7. The highest BCUT2D eigenvalue weighted by atomic mass is 19.4. The predicted octanol–water partition coefficient (Wildman–Crippen LogP) is 4.49. The monoisotopic (exact) mass is 364 g/mol. The van der Waals surface area contributed by atoms with Crippen molar-refractivity contribution in [3.63, 3.8) is 0 Å². The number of halogens is 3. The molecule has 2 aromatic rings. The summed E-state index contributed by atoms with van der Waals surface area (Å²) in [5, 5.41) is 5.32. The Kier molecular flexibility index (Phi) is 6.02. The number of nitrogens with one attached hydrogen (secondary N) is 2. The molecule has 2 amide bonds. The Labute approximate surface area is 149 Å². The Morgan fingerprint density at radius 3 is 2.12 bits per heavy atom. The highest BCUT2D eigenvalue weighted by molar-refractivity contribution is 6.06. The van der Waals surface area contributed by atoms with Gasteiger partial charge in [0.2, 0.25) is 0 Å². The molecule has 0 saturated carbocycles. The molecule has 0 bridgehead atoms. The lowest BCUT2D eigenvalue weighted by atomic mass is 10.1. The maximum atomic E-state index is 12.6. The van der Waals surface area contributed by atoms with Gasteiger partial charge in [0, 0.05) is 22.9 Å². The Morgan fingerprint density at radius 1 is 1.00 bits per heavy atom. The number of carbonyl (C=O) groups excluding carboxylic acids is 2. The van der Waals surface area contributed by atoms with Crippen LogP contribution in [-0.4, -0.2) is 17.9 Å². The van der Waals surface area contributed by atoms with Crippen LogP contribution in [0.3, 0.4) is 0 Å². The smallest absolute Gasteiger partial charge is 0.350 e. The third-order valence-electron chi connectivity index (χ3n) is 3.85. The third-order valence-corrected chi connectivity index (χ3v) is 3.85. The van der Waals surface area contributed by atoms with Crippen molar-refractivity contribution in [2.24, 2.45) is 0 Å². The molecule has 0 aliphatic carbocycles. The van der Waals surface area contributed by atoms with Crippen LogP contribution in [0.5, 0.6) is 0 Å². The normalized spacial score (nSPS) is 12.3. The van der Waals surface area contributed by atoms with Crippen molar-refractivity contribution in [2.75, 3.05) is 5.32 Å². The number of anilines is 1. The molecule has 0 spiro atoms. The van der Waals surface area contributed by atoms with Crippen LogP contribution in [0.2, 0.25) is 0 Å². The predicted molar refractivity (Wildman–Crippen MR) is 93.1 cm³/mol. The summed E-state index contributed by atoms with van der Waals surface area (Å²) in [6.45, 7) is 3.82. The minimum absolute atomic E-state index is 0.00660. The zero-order valence-electron chi connectivity index (χ0n) is 14.4. The summed E-state index contributed by atoms with van der Waals surface area (Å²) in [5.74, 6) is -0.800. The van der Waals surface area contributed by atoms with Crippen LogP contribution in [0.1, 0.15) is 46.5 Å². The van der Waals surface area contributed by atoms with Gasteiger partial charge in [0.05, 0.1) is 5.56 Å². The third kappa shape index (κ3) is 5.08. The summed E-state index contributed by atoms with van der Waals surface area (Å²) in [4.78, 5) is 24.4. The minimum atomic E-state index is -4.43. The van der Waals surface area contributed by atoms with Crippen LogP contribution in [0.25, 0.3) is 0 Å². The van der Waals surface area contributed by atoms with Crippen LogP contribution in [0.4, 0.5) is 18.9 Å². The van der Waals surface area contributed by atoms with Gasteiger partial charge in [0.15, 0.2) is 0 Å². The van der Waals surface area contributed by atoms with Crippen molar-refractivity contribution in [1.82, 2.24) is 5.32 Å². The van der Waals surface area contributed by atoms with E-state index >= 15 is 0 Å². The van der Waals surface area contributed by atoms with E-state index in [0.29, 0.717) is 5.56 Å². The lowest BCUT2D eigenvalue weighted by Crippen LogP contribution is -2.32. The quantitative estimate of drug-likeness (QED) is 0.821. The van der Waals surface area contributed by atoms with E-state index < -0.39 is 17.6 Å². The van der Waals surface area contributed by atoms with Gasteiger partial charge in [-0.25, -0.2) is 0 Å². The first-order valence-corrected chi connectivity index (χ1v) is 8.10. The van der Waals surface area contributed by atoms with E-state index in [4.69, 9.17) is 0 Å². The first-order valence-electron chi connectivity index (χ1n) is 8.10. The maximum Gasteiger partial charge on any atom is 0.416 e. The highest BCUT2D eigenvalue weighted by Gasteiger charge is 2.30. The number of amides is 2. The van der Waals surface area contributed by atoms with Crippen LogP contribution in [0.15, 0.2) is 48.5 Å². The Balaban J connectivity index is 2.10. The molecule has 2 aromatic carbocycles. The zero-order chi connectivity index (χ0) is 19.3. The fourth-order valence-electron chi connectivity index (χ4n) is 2.16. The molecule has 1 atom stereocenters. The first kappa shape index (κ1) is 19.5. The molecule has 2 N–H and O–H groups in total. The van der Waals surface area contributed by atoms with Crippen molar-refractivity contribution in [2.45, 2.75) is 32.5 Å². The molecule has 0 heterocycles. The number of hydrogen-bond acceptors (Lipinski definition) is 2. The molecule has 0 aliphatic rings. The van der Waals surface area contributed by atoms with E-state index in [1.54, 1.807) is 12.1 Å². The summed E-state index contributed by atoms with van der Waals surface area (Å²) in [6, 6.07) is 10.3. The maximum absolute atomic E-state index is 12.6. The average molecular weight is 364 g/mol. The van der Waals surface area contributed by atoms with Gasteiger partial charge in [0.1, 0.15) is 0 Å². The number of alkyl halides is 3. The molecule has 2 rings (SSSR count). The fraction of sp³-hybridized carbons (Fsp3) is 0.263. The number of rotatable bonds is 5. The number of hydrogen-bond donors (Lipinski definition) is 2. The molecular weight excluding hydrogens is 345 g/mol. The lowest BCUT2D eigenvalue weighted by molar-refractivity contribution is -0.137.